The van der Waals surface area contributed by atoms with Crippen LogP contribution in [-0.2, 0) is 14.3 Å². The van der Waals surface area contributed by atoms with Crippen molar-refractivity contribution in [2.75, 3.05) is 14.2 Å². The molecule has 1 aliphatic heterocycles. The quantitative estimate of drug-likeness (QED) is 0.380. The fourth-order valence-corrected chi connectivity index (χ4v) is 6.29. The minimum Gasteiger partial charge on any atom is -0.493 e. The Kier molecular flexibility index (Phi) is 7.89. The Bertz CT molecular complexity index is 1280. The second kappa shape index (κ2) is 11.3. The summed E-state index contributed by atoms with van der Waals surface area (Å²) in [6.07, 6.45) is 5.95. The number of benzene rings is 2. The fraction of sp³-hybridized carbons (Fsp3) is 0.452. The van der Waals surface area contributed by atoms with Crippen LogP contribution < -0.4 is 9.47 Å². The molecule has 0 bridgehead atoms. The van der Waals surface area contributed by atoms with Crippen LogP contribution in [0.4, 0.5) is 0 Å². The molecule has 0 amide bonds. The predicted molar refractivity (Wildman–Crippen MR) is 147 cm³/mol. The molecule has 1 fully saturated rings. The minimum absolute atomic E-state index is 0.00635. The topological polar surface area (TPSA) is 74.2 Å². The number of rotatable bonds is 6. The van der Waals surface area contributed by atoms with E-state index in [0.717, 1.165) is 42.5 Å². The molecule has 3 aliphatic rings. The summed E-state index contributed by atoms with van der Waals surface area (Å²) in [6.45, 7) is 1.88. The highest BCUT2D eigenvalue weighted by molar-refractivity contribution is 6.30. The van der Waals surface area contributed by atoms with E-state index in [4.69, 9.17) is 30.8 Å². The average molecular weight is 536 g/mol. The molecule has 0 aromatic heterocycles. The van der Waals surface area contributed by atoms with Crippen molar-refractivity contribution >= 4 is 29.1 Å². The van der Waals surface area contributed by atoms with E-state index in [0.29, 0.717) is 40.6 Å². The molecule has 5 rings (SSSR count). The van der Waals surface area contributed by atoms with Gasteiger partial charge in [0.25, 0.3) is 0 Å². The van der Waals surface area contributed by atoms with Crippen LogP contribution in [0.3, 0.4) is 0 Å². The number of halogens is 1. The molecular weight excluding hydrogens is 502 g/mol. The number of hydrogen-bond acceptors (Lipinski definition) is 6. The minimum atomic E-state index is -0.676. The molecule has 3 atom stereocenters. The van der Waals surface area contributed by atoms with Crippen molar-refractivity contribution < 1.29 is 23.8 Å². The Labute approximate surface area is 229 Å². The normalized spacial score (nSPS) is 23.9. The van der Waals surface area contributed by atoms with Crippen LogP contribution in [0.2, 0.25) is 5.02 Å². The van der Waals surface area contributed by atoms with Crippen molar-refractivity contribution in [1.29, 1.82) is 0 Å². The van der Waals surface area contributed by atoms with E-state index in [-0.39, 0.29) is 23.8 Å². The SMILES string of the molecule is COc1ccc([C@H]2C3=C(C[C@@H](c4ccc(Cl)cc4)CC3=O)N=C(C)C2C(=O)OC2CCCCC2)cc1OC. The van der Waals surface area contributed by atoms with E-state index in [1.54, 1.807) is 14.2 Å². The van der Waals surface area contributed by atoms with Gasteiger partial charge in [0.15, 0.2) is 17.3 Å². The third-order valence-corrected chi connectivity index (χ3v) is 8.34. The second-order valence-corrected chi connectivity index (χ2v) is 10.9. The molecule has 0 radical (unpaired) electrons. The lowest BCUT2D eigenvalue weighted by atomic mass is 9.69. The Balaban J connectivity index is 1.55. The number of methoxy groups -OCH3 is 2. The summed E-state index contributed by atoms with van der Waals surface area (Å²) in [7, 11) is 3.17. The molecule has 2 aromatic carbocycles. The maximum absolute atomic E-state index is 13.8. The van der Waals surface area contributed by atoms with Gasteiger partial charge in [-0.25, -0.2) is 0 Å². The highest BCUT2D eigenvalue weighted by Gasteiger charge is 2.45. The summed E-state index contributed by atoms with van der Waals surface area (Å²) in [5, 5.41) is 0.662. The molecule has 2 aliphatic carbocycles. The van der Waals surface area contributed by atoms with E-state index in [1.807, 2.05) is 49.4 Å². The number of ketones is 1. The van der Waals surface area contributed by atoms with E-state index in [9.17, 15) is 9.59 Å². The predicted octanol–water partition coefficient (Wildman–Crippen LogP) is 6.81. The molecule has 0 spiro atoms. The summed E-state index contributed by atoms with van der Waals surface area (Å²) in [5.41, 5.74) is 3.91. The van der Waals surface area contributed by atoms with Crippen molar-refractivity contribution in [2.24, 2.45) is 10.9 Å². The molecule has 6 nitrogen and oxygen atoms in total. The number of esters is 1. The number of Topliss-reactive ketones (excluding diaryl/α,β-unsaturated/α-hetero) is 1. The van der Waals surface area contributed by atoms with Crippen LogP contribution in [0.5, 0.6) is 11.5 Å². The highest BCUT2D eigenvalue weighted by Crippen LogP contribution is 2.48. The van der Waals surface area contributed by atoms with E-state index in [1.165, 1.54) is 6.42 Å². The number of aliphatic imine (C=N–C) groups is 1. The lowest BCUT2D eigenvalue weighted by Gasteiger charge is -2.37. The third kappa shape index (κ3) is 5.24. The van der Waals surface area contributed by atoms with Gasteiger partial charge in [-0.2, -0.15) is 0 Å². The van der Waals surface area contributed by atoms with Gasteiger partial charge >= 0.3 is 5.97 Å². The molecule has 200 valence electrons. The first kappa shape index (κ1) is 26.5. The summed E-state index contributed by atoms with van der Waals surface area (Å²) in [6, 6.07) is 13.3. The number of hydrogen-bond donors (Lipinski definition) is 0. The number of ether oxygens (including phenoxy) is 3. The summed E-state index contributed by atoms with van der Waals surface area (Å²) < 4.78 is 17.1. The van der Waals surface area contributed by atoms with Crippen LogP contribution in [-0.4, -0.2) is 37.8 Å². The maximum Gasteiger partial charge on any atom is 0.315 e. The van der Waals surface area contributed by atoms with Crippen LogP contribution in [0.1, 0.15) is 74.8 Å². The third-order valence-electron chi connectivity index (χ3n) is 8.09. The van der Waals surface area contributed by atoms with Crippen molar-refractivity contribution in [3.05, 3.63) is 69.9 Å². The van der Waals surface area contributed by atoms with Crippen molar-refractivity contribution in [3.8, 4) is 11.5 Å². The second-order valence-electron chi connectivity index (χ2n) is 10.5. The van der Waals surface area contributed by atoms with Gasteiger partial charge in [0.05, 0.1) is 14.2 Å². The molecule has 7 heteroatoms. The summed E-state index contributed by atoms with van der Waals surface area (Å²) in [4.78, 5) is 32.5. The Hall–Kier alpha value is -3.12. The zero-order valence-electron chi connectivity index (χ0n) is 22.2. The Morgan fingerprint density at radius 3 is 2.29 bits per heavy atom. The van der Waals surface area contributed by atoms with Gasteiger partial charge in [-0.15, -0.1) is 0 Å². The fourth-order valence-electron chi connectivity index (χ4n) is 6.16. The molecule has 1 heterocycles. The first-order chi connectivity index (χ1) is 18.4. The van der Waals surface area contributed by atoms with Gasteiger partial charge in [-0.3, -0.25) is 14.6 Å². The monoisotopic (exact) mass is 535 g/mol. The number of carbonyl (C=O) groups is 2. The first-order valence-electron chi connectivity index (χ1n) is 13.4. The van der Waals surface area contributed by atoms with Crippen LogP contribution in [0.25, 0.3) is 0 Å². The molecule has 2 aromatic rings. The average Bonchev–Trinajstić information content (AvgIpc) is 2.92. The number of nitrogens with zero attached hydrogens (tertiary/aromatic N) is 1. The van der Waals surface area contributed by atoms with Crippen molar-refractivity contribution in [1.82, 2.24) is 0 Å². The molecule has 0 saturated heterocycles. The first-order valence-corrected chi connectivity index (χ1v) is 13.8. The van der Waals surface area contributed by atoms with E-state index >= 15 is 0 Å². The standard InChI is InChI=1S/C31H34ClNO5/c1-18-28(31(35)38-23-7-5-4-6-8-23)29(20-11-14-26(36-2)27(17-20)37-3)30-24(33-18)15-21(16-25(30)34)19-9-12-22(32)13-10-19/h9-14,17,21,23,28-29H,4-8,15-16H2,1-3H3/t21-,28?,29-/m1/s1. The van der Waals surface area contributed by atoms with Gasteiger partial charge in [0.2, 0.25) is 0 Å². The zero-order valence-corrected chi connectivity index (χ0v) is 22.9. The van der Waals surface area contributed by atoms with Crippen LogP contribution in [0, 0.1) is 5.92 Å². The number of allylic oxidation sites excluding steroid dienone is 2. The largest absolute Gasteiger partial charge is 0.493 e. The van der Waals surface area contributed by atoms with Gasteiger partial charge in [0, 0.05) is 34.3 Å². The molecule has 38 heavy (non-hydrogen) atoms. The highest BCUT2D eigenvalue weighted by atomic mass is 35.5. The maximum atomic E-state index is 13.8. The van der Waals surface area contributed by atoms with Crippen molar-refractivity contribution in [3.63, 3.8) is 0 Å². The lowest BCUT2D eigenvalue weighted by molar-refractivity contribution is -0.153. The van der Waals surface area contributed by atoms with E-state index in [2.05, 4.69) is 0 Å². The van der Waals surface area contributed by atoms with Gasteiger partial charge in [0.1, 0.15) is 12.0 Å². The summed E-state index contributed by atoms with van der Waals surface area (Å²) >= 11 is 6.10. The summed E-state index contributed by atoms with van der Waals surface area (Å²) in [5.74, 6) is -0.330. The zero-order chi connectivity index (χ0) is 26.8. The van der Waals surface area contributed by atoms with Gasteiger partial charge in [-0.1, -0.05) is 36.2 Å². The van der Waals surface area contributed by atoms with Crippen LogP contribution >= 0.6 is 11.6 Å². The lowest BCUT2D eigenvalue weighted by Crippen LogP contribution is -2.39. The van der Waals surface area contributed by atoms with Gasteiger partial charge < -0.3 is 14.2 Å². The van der Waals surface area contributed by atoms with Gasteiger partial charge in [-0.05, 0) is 80.3 Å². The molecule has 0 N–H and O–H groups in total. The van der Waals surface area contributed by atoms with Crippen molar-refractivity contribution in [2.45, 2.75) is 69.8 Å². The van der Waals surface area contributed by atoms with Crippen LogP contribution in [0.15, 0.2) is 58.7 Å². The Morgan fingerprint density at radius 1 is 0.921 bits per heavy atom. The molecule has 1 saturated carbocycles. The Morgan fingerprint density at radius 2 is 1.61 bits per heavy atom. The molecule has 1 unspecified atom stereocenters. The van der Waals surface area contributed by atoms with E-state index < -0.39 is 11.8 Å². The molecular formula is C31H34ClNO5. The number of carbonyl (C=O) groups excluding carboxylic acids is 2. The smallest absolute Gasteiger partial charge is 0.315 e.